The van der Waals surface area contributed by atoms with Gasteiger partial charge in [0, 0.05) is 13.1 Å². The fraction of sp³-hybridized carbons (Fsp3) is 0.500. The molecular weight excluding hydrogens is 228 g/mol. The van der Waals surface area contributed by atoms with E-state index in [1.165, 1.54) is 0 Å². The Balaban J connectivity index is 2.63. The highest BCUT2D eigenvalue weighted by Gasteiger charge is 2.15. The van der Waals surface area contributed by atoms with E-state index in [-0.39, 0.29) is 11.9 Å². The zero-order chi connectivity index (χ0) is 13.5. The van der Waals surface area contributed by atoms with Gasteiger partial charge in [-0.1, -0.05) is 12.1 Å². The molecule has 0 aromatic heterocycles. The summed E-state index contributed by atoms with van der Waals surface area (Å²) in [4.78, 5) is 13.8. The Morgan fingerprint density at radius 3 is 2.83 bits per heavy atom. The molecule has 0 spiro atoms. The van der Waals surface area contributed by atoms with Crippen molar-refractivity contribution < 1.29 is 9.53 Å². The minimum Gasteiger partial charge on any atom is -0.497 e. The molecule has 1 aromatic carbocycles. The number of hydrogen-bond acceptors (Lipinski definition) is 3. The zero-order valence-electron chi connectivity index (χ0n) is 11.3. The molecule has 0 aliphatic heterocycles. The predicted octanol–water partition coefficient (Wildman–Crippen LogP) is 1.43. The summed E-state index contributed by atoms with van der Waals surface area (Å²) in [5.41, 5.74) is 6.47. The van der Waals surface area contributed by atoms with Crippen molar-refractivity contribution in [1.29, 1.82) is 0 Å². The first-order chi connectivity index (χ1) is 8.58. The maximum Gasteiger partial charge on any atom is 0.226 e. The Bertz CT molecular complexity index is 393. The number of carbonyl (C=O) groups is 1. The minimum absolute atomic E-state index is 0.101. The molecule has 2 N–H and O–H groups in total. The van der Waals surface area contributed by atoms with Gasteiger partial charge in [-0.15, -0.1) is 0 Å². The molecule has 1 atom stereocenters. The van der Waals surface area contributed by atoms with Crippen molar-refractivity contribution >= 4 is 5.91 Å². The average molecular weight is 250 g/mol. The highest BCUT2D eigenvalue weighted by molar-refractivity contribution is 5.78. The van der Waals surface area contributed by atoms with Crippen LogP contribution in [0, 0.1) is 0 Å². The Morgan fingerprint density at radius 1 is 1.50 bits per heavy atom. The van der Waals surface area contributed by atoms with Gasteiger partial charge in [0.2, 0.25) is 5.91 Å². The first-order valence-corrected chi connectivity index (χ1v) is 6.17. The fourth-order valence-corrected chi connectivity index (χ4v) is 1.76. The molecule has 1 aromatic rings. The van der Waals surface area contributed by atoms with E-state index in [0.29, 0.717) is 13.0 Å². The summed E-state index contributed by atoms with van der Waals surface area (Å²) in [6, 6.07) is 7.76. The summed E-state index contributed by atoms with van der Waals surface area (Å²) in [6.45, 7) is 2.61. The van der Waals surface area contributed by atoms with Crippen LogP contribution in [0.4, 0.5) is 0 Å². The van der Waals surface area contributed by atoms with Gasteiger partial charge < -0.3 is 15.4 Å². The van der Waals surface area contributed by atoms with E-state index in [0.717, 1.165) is 17.7 Å². The molecule has 0 bridgehead atoms. The van der Waals surface area contributed by atoms with Crippen LogP contribution >= 0.6 is 0 Å². The second-order valence-electron chi connectivity index (χ2n) is 4.46. The maximum absolute atomic E-state index is 12.1. The zero-order valence-corrected chi connectivity index (χ0v) is 11.3. The van der Waals surface area contributed by atoms with Gasteiger partial charge in [-0.25, -0.2) is 0 Å². The Hall–Kier alpha value is -1.55. The van der Waals surface area contributed by atoms with E-state index >= 15 is 0 Å². The molecule has 1 unspecified atom stereocenters. The van der Waals surface area contributed by atoms with Crippen LogP contribution in [0.3, 0.4) is 0 Å². The van der Waals surface area contributed by atoms with Gasteiger partial charge in [0.15, 0.2) is 0 Å². The lowest BCUT2D eigenvalue weighted by molar-refractivity contribution is -0.131. The molecule has 0 radical (unpaired) electrons. The number of rotatable bonds is 6. The molecule has 0 fully saturated rings. The largest absolute Gasteiger partial charge is 0.497 e. The number of likely N-dealkylation sites (N-methyl/N-ethyl adjacent to an activating group) is 1. The van der Waals surface area contributed by atoms with E-state index < -0.39 is 0 Å². The molecule has 4 heteroatoms. The molecule has 0 heterocycles. The van der Waals surface area contributed by atoms with Gasteiger partial charge in [0.25, 0.3) is 0 Å². The van der Waals surface area contributed by atoms with Crippen LogP contribution in [0.1, 0.15) is 18.9 Å². The highest BCUT2D eigenvalue weighted by Crippen LogP contribution is 2.14. The number of nitrogens with zero attached hydrogens (tertiary/aromatic N) is 1. The van der Waals surface area contributed by atoms with Crippen LogP contribution in [0.5, 0.6) is 5.75 Å². The number of amides is 1. The van der Waals surface area contributed by atoms with E-state index in [4.69, 9.17) is 10.5 Å². The molecule has 0 saturated carbocycles. The maximum atomic E-state index is 12.1. The van der Waals surface area contributed by atoms with Crippen LogP contribution in [-0.2, 0) is 11.2 Å². The van der Waals surface area contributed by atoms with Crippen LogP contribution in [0.25, 0.3) is 0 Å². The van der Waals surface area contributed by atoms with Gasteiger partial charge in [0.05, 0.1) is 13.5 Å². The van der Waals surface area contributed by atoms with Crippen molar-refractivity contribution in [1.82, 2.24) is 4.90 Å². The Kier molecular flexibility index (Phi) is 5.65. The smallest absolute Gasteiger partial charge is 0.226 e. The van der Waals surface area contributed by atoms with E-state index in [9.17, 15) is 4.79 Å². The van der Waals surface area contributed by atoms with Crippen molar-refractivity contribution in [3.63, 3.8) is 0 Å². The van der Waals surface area contributed by atoms with E-state index in [2.05, 4.69) is 0 Å². The second kappa shape index (κ2) is 7.01. The highest BCUT2D eigenvalue weighted by atomic mass is 16.5. The average Bonchev–Trinajstić information content (AvgIpc) is 2.38. The number of methoxy groups -OCH3 is 1. The third kappa shape index (κ3) is 4.04. The molecule has 18 heavy (non-hydrogen) atoms. The molecule has 0 saturated heterocycles. The molecule has 0 aliphatic rings. The molecule has 1 rings (SSSR count). The van der Waals surface area contributed by atoms with Crippen LogP contribution < -0.4 is 10.5 Å². The summed E-state index contributed by atoms with van der Waals surface area (Å²) in [5, 5.41) is 0. The fourth-order valence-electron chi connectivity index (χ4n) is 1.76. The Morgan fingerprint density at radius 2 is 2.22 bits per heavy atom. The van der Waals surface area contributed by atoms with Crippen LogP contribution in [0.15, 0.2) is 24.3 Å². The SMILES string of the molecule is COc1cccc(CC(=O)N(C)C(C)CCN)c1. The van der Waals surface area contributed by atoms with Crippen molar-refractivity contribution in [3.8, 4) is 5.75 Å². The summed E-state index contributed by atoms with van der Waals surface area (Å²) >= 11 is 0. The molecular formula is C14H22N2O2. The van der Waals surface area contributed by atoms with Gasteiger partial charge >= 0.3 is 0 Å². The molecule has 1 amide bonds. The number of nitrogens with two attached hydrogens (primary N) is 1. The topological polar surface area (TPSA) is 55.6 Å². The van der Waals surface area contributed by atoms with Crippen molar-refractivity contribution in [2.45, 2.75) is 25.8 Å². The summed E-state index contributed by atoms with van der Waals surface area (Å²) in [5.74, 6) is 0.877. The van der Waals surface area contributed by atoms with Gasteiger partial charge in [-0.3, -0.25) is 4.79 Å². The Labute approximate surface area is 109 Å². The number of benzene rings is 1. The van der Waals surface area contributed by atoms with Crippen molar-refractivity contribution in [2.75, 3.05) is 20.7 Å². The van der Waals surface area contributed by atoms with Gasteiger partial charge in [-0.05, 0) is 37.6 Å². The van der Waals surface area contributed by atoms with E-state index in [1.54, 1.807) is 12.0 Å². The third-order valence-corrected chi connectivity index (χ3v) is 3.13. The molecule has 0 aliphatic carbocycles. The number of ether oxygens (including phenoxy) is 1. The monoisotopic (exact) mass is 250 g/mol. The number of carbonyl (C=O) groups excluding carboxylic acids is 1. The predicted molar refractivity (Wildman–Crippen MR) is 72.6 cm³/mol. The summed E-state index contributed by atoms with van der Waals surface area (Å²) in [7, 11) is 3.44. The first kappa shape index (κ1) is 14.5. The van der Waals surface area contributed by atoms with Gasteiger partial charge in [-0.2, -0.15) is 0 Å². The number of hydrogen-bond donors (Lipinski definition) is 1. The first-order valence-electron chi connectivity index (χ1n) is 6.17. The van der Waals surface area contributed by atoms with E-state index in [1.807, 2.05) is 38.2 Å². The molecule has 4 nitrogen and oxygen atoms in total. The second-order valence-corrected chi connectivity index (χ2v) is 4.46. The van der Waals surface area contributed by atoms with Crippen LogP contribution in [-0.4, -0.2) is 37.6 Å². The minimum atomic E-state index is 0.101. The quantitative estimate of drug-likeness (QED) is 0.831. The third-order valence-electron chi connectivity index (χ3n) is 3.13. The summed E-state index contributed by atoms with van der Waals surface area (Å²) < 4.78 is 5.14. The summed E-state index contributed by atoms with van der Waals surface area (Å²) in [6.07, 6.45) is 1.21. The van der Waals surface area contributed by atoms with Gasteiger partial charge in [0.1, 0.15) is 5.75 Å². The van der Waals surface area contributed by atoms with Crippen molar-refractivity contribution in [2.24, 2.45) is 5.73 Å². The lowest BCUT2D eigenvalue weighted by Gasteiger charge is -2.24. The lowest BCUT2D eigenvalue weighted by atomic mass is 10.1. The van der Waals surface area contributed by atoms with Crippen LogP contribution in [0.2, 0.25) is 0 Å². The lowest BCUT2D eigenvalue weighted by Crippen LogP contribution is -2.37. The normalized spacial score (nSPS) is 12.0. The standard InChI is InChI=1S/C14H22N2O2/c1-11(7-8-15)16(2)14(17)10-12-5-4-6-13(9-12)18-3/h4-6,9,11H,7-8,10,15H2,1-3H3. The van der Waals surface area contributed by atoms with Crippen molar-refractivity contribution in [3.05, 3.63) is 29.8 Å². The molecule has 100 valence electrons.